The normalized spacial score (nSPS) is 12.2. The van der Waals surface area contributed by atoms with Crippen molar-refractivity contribution >= 4 is 21.8 Å². The van der Waals surface area contributed by atoms with Crippen LogP contribution in [0.25, 0.3) is 0 Å². The van der Waals surface area contributed by atoms with Crippen molar-refractivity contribution in [2.45, 2.75) is 19.4 Å². The maximum atomic E-state index is 12.2. The number of rotatable bonds is 5. The van der Waals surface area contributed by atoms with Crippen LogP contribution in [-0.4, -0.2) is 17.6 Å². The zero-order valence-corrected chi connectivity index (χ0v) is 12.7. The molecule has 0 saturated heterocycles. The van der Waals surface area contributed by atoms with Gasteiger partial charge in [-0.2, -0.15) is 0 Å². The number of aliphatic hydroxyl groups excluding tert-OH is 1. The number of aliphatic hydroxyl groups is 1. The maximum Gasteiger partial charge on any atom is 0.287 e. The number of hydrogen-bond acceptors (Lipinski definition) is 3. The average Bonchev–Trinajstić information content (AvgIpc) is 2.78. The summed E-state index contributed by atoms with van der Waals surface area (Å²) in [5, 5.41) is 12.0. The average molecular weight is 338 g/mol. The second-order valence-electron chi connectivity index (χ2n) is 4.51. The lowest BCUT2D eigenvalue weighted by Crippen LogP contribution is -2.29. The lowest BCUT2D eigenvalue weighted by atomic mass is 10.0. The summed E-state index contributed by atoms with van der Waals surface area (Å²) in [6.07, 6.45) is 0.455. The van der Waals surface area contributed by atoms with Crippen molar-refractivity contribution in [1.82, 2.24) is 5.32 Å². The van der Waals surface area contributed by atoms with Crippen LogP contribution in [0.15, 0.2) is 45.5 Å². The van der Waals surface area contributed by atoms with E-state index in [-0.39, 0.29) is 24.3 Å². The monoisotopic (exact) mass is 337 g/mol. The van der Waals surface area contributed by atoms with Crippen LogP contribution in [0.5, 0.6) is 0 Å². The number of hydrogen-bond donors (Lipinski definition) is 2. The van der Waals surface area contributed by atoms with E-state index in [9.17, 15) is 4.79 Å². The zero-order chi connectivity index (χ0) is 14.5. The van der Waals surface area contributed by atoms with Crippen LogP contribution in [0.1, 0.15) is 34.1 Å². The van der Waals surface area contributed by atoms with Crippen molar-refractivity contribution in [2.75, 3.05) is 6.61 Å². The van der Waals surface area contributed by atoms with Crippen molar-refractivity contribution in [3.8, 4) is 0 Å². The Balaban J connectivity index is 2.16. The number of nitrogens with one attached hydrogen (secondary N) is 1. The molecular formula is C15H16BrNO3. The predicted molar refractivity (Wildman–Crippen MR) is 79.5 cm³/mol. The molecule has 1 heterocycles. The third-order valence-corrected chi connectivity index (χ3v) is 3.41. The van der Waals surface area contributed by atoms with Crippen LogP contribution in [0.4, 0.5) is 0 Å². The fourth-order valence-electron chi connectivity index (χ4n) is 2.03. The molecule has 2 aromatic rings. The first-order chi connectivity index (χ1) is 9.61. The standard InChI is InChI=1S/C15H16BrNO3/c1-10-9-13(16)20-14(10)15(19)17-12(7-8-18)11-5-3-2-4-6-11/h2-6,9,12,18H,7-8H2,1H3,(H,17,19). The summed E-state index contributed by atoms with van der Waals surface area (Å²) in [7, 11) is 0. The summed E-state index contributed by atoms with van der Waals surface area (Å²) in [5.74, 6) is 0.00579. The lowest BCUT2D eigenvalue weighted by Gasteiger charge is -2.17. The Morgan fingerprint density at radius 3 is 2.65 bits per heavy atom. The molecule has 5 heteroatoms. The first-order valence-electron chi connectivity index (χ1n) is 6.34. The molecule has 1 atom stereocenters. The van der Waals surface area contributed by atoms with Gasteiger partial charge in [-0.15, -0.1) is 0 Å². The van der Waals surface area contributed by atoms with Crippen molar-refractivity contribution in [1.29, 1.82) is 0 Å². The van der Waals surface area contributed by atoms with Gasteiger partial charge in [0.1, 0.15) is 0 Å². The van der Waals surface area contributed by atoms with Gasteiger partial charge in [0, 0.05) is 12.2 Å². The molecule has 0 spiro atoms. The van der Waals surface area contributed by atoms with Crippen molar-refractivity contribution < 1.29 is 14.3 Å². The Kier molecular flexibility index (Phi) is 4.98. The minimum atomic E-state index is -0.282. The minimum Gasteiger partial charge on any atom is -0.444 e. The van der Waals surface area contributed by atoms with Crippen molar-refractivity contribution in [3.05, 3.63) is 58.0 Å². The summed E-state index contributed by atoms with van der Waals surface area (Å²) in [6.45, 7) is 1.81. The molecule has 0 bridgehead atoms. The van der Waals surface area contributed by atoms with Gasteiger partial charge >= 0.3 is 0 Å². The van der Waals surface area contributed by atoms with Gasteiger partial charge in [0.15, 0.2) is 10.4 Å². The molecule has 106 valence electrons. The number of furan rings is 1. The van der Waals surface area contributed by atoms with Crippen LogP contribution in [0.3, 0.4) is 0 Å². The van der Waals surface area contributed by atoms with Crippen molar-refractivity contribution in [3.63, 3.8) is 0 Å². The molecule has 2 N–H and O–H groups in total. The van der Waals surface area contributed by atoms with Gasteiger partial charge in [0.2, 0.25) is 0 Å². The highest BCUT2D eigenvalue weighted by Crippen LogP contribution is 2.22. The molecule has 4 nitrogen and oxygen atoms in total. The minimum absolute atomic E-state index is 0.000667. The number of benzene rings is 1. The molecule has 1 aromatic carbocycles. The van der Waals surface area contributed by atoms with Gasteiger partial charge in [0.05, 0.1) is 6.04 Å². The highest BCUT2D eigenvalue weighted by atomic mass is 79.9. The second kappa shape index (κ2) is 6.72. The topological polar surface area (TPSA) is 62.5 Å². The molecule has 0 fully saturated rings. The SMILES string of the molecule is Cc1cc(Br)oc1C(=O)NC(CCO)c1ccccc1. The van der Waals surface area contributed by atoms with Crippen LogP contribution in [0.2, 0.25) is 0 Å². The summed E-state index contributed by atoms with van der Waals surface area (Å²) in [4.78, 5) is 12.2. The van der Waals surface area contributed by atoms with E-state index in [0.29, 0.717) is 11.1 Å². The van der Waals surface area contributed by atoms with Crippen LogP contribution in [0, 0.1) is 6.92 Å². The van der Waals surface area contributed by atoms with Gasteiger partial charge < -0.3 is 14.8 Å². The Morgan fingerprint density at radius 1 is 1.40 bits per heavy atom. The third-order valence-electron chi connectivity index (χ3n) is 3.02. The molecule has 0 radical (unpaired) electrons. The quantitative estimate of drug-likeness (QED) is 0.880. The number of carbonyl (C=O) groups is 1. The van der Waals surface area contributed by atoms with Gasteiger partial charge in [-0.25, -0.2) is 0 Å². The molecule has 0 aliphatic heterocycles. The summed E-state index contributed by atoms with van der Waals surface area (Å²) < 4.78 is 5.86. The van der Waals surface area contributed by atoms with Crippen LogP contribution >= 0.6 is 15.9 Å². The number of carbonyl (C=O) groups excluding carboxylic acids is 1. The van der Waals surface area contributed by atoms with E-state index in [1.165, 1.54) is 0 Å². The number of aryl methyl sites for hydroxylation is 1. The van der Waals surface area contributed by atoms with Crippen molar-refractivity contribution in [2.24, 2.45) is 0 Å². The highest BCUT2D eigenvalue weighted by molar-refractivity contribution is 9.10. The first-order valence-corrected chi connectivity index (χ1v) is 7.13. The van der Waals surface area contributed by atoms with E-state index in [4.69, 9.17) is 9.52 Å². The fourth-order valence-corrected chi connectivity index (χ4v) is 2.53. The van der Waals surface area contributed by atoms with Crippen LogP contribution in [-0.2, 0) is 0 Å². The lowest BCUT2D eigenvalue weighted by molar-refractivity contribution is 0.0899. The smallest absolute Gasteiger partial charge is 0.287 e. The number of amides is 1. The molecule has 1 amide bonds. The Hall–Kier alpha value is -1.59. The molecule has 20 heavy (non-hydrogen) atoms. The molecular weight excluding hydrogens is 322 g/mol. The molecule has 2 rings (SSSR count). The van der Waals surface area contributed by atoms with E-state index in [1.54, 1.807) is 6.07 Å². The van der Waals surface area contributed by atoms with Gasteiger partial charge in [-0.05, 0) is 40.9 Å². The third kappa shape index (κ3) is 3.49. The highest BCUT2D eigenvalue weighted by Gasteiger charge is 2.19. The second-order valence-corrected chi connectivity index (χ2v) is 5.29. The molecule has 1 unspecified atom stereocenters. The Bertz CT molecular complexity index is 580. The first kappa shape index (κ1) is 14.8. The van der Waals surface area contributed by atoms with E-state index in [0.717, 1.165) is 11.1 Å². The van der Waals surface area contributed by atoms with E-state index < -0.39 is 0 Å². The van der Waals surface area contributed by atoms with Crippen LogP contribution < -0.4 is 5.32 Å². The number of halogens is 1. The maximum absolute atomic E-state index is 12.2. The molecule has 0 aliphatic rings. The zero-order valence-electron chi connectivity index (χ0n) is 11.1. The molecule has 0 saturated carbocycles. The summed E-state index contributed by atoms with van der Waals surface area (Å²) >= 11 is 3.21. The summed E-state index contributed by atoms with van der Waals surface area (Å²) in [6, 6.07) is 11.1. The molecule has 1 aromatic heterocycles. The largest absolute Gasteiger partial charge is 0.444 e. The summed E-state index contributed by atoms with van der Waals surface area (Å²) in [5.41, 5.74) is 1.73. The Labute approximate surface area is 125 Å². The van der Waals surface area contributed by atoms with E-state index in [1.807, 2.05) is 37.3 Å². The fraction of sp³-hybridized carbons (Fsp3) is 0.267. The molecule has 0 aliphatic carbocycles. The van der Waals surface area contributed by atoms with E-state index >= 15 is 0 Å². The predicted octanol–water partition coefficient (Wildman–Crippen LogP) is 3.20. The van der Waals surface area contributed by atoms with E-state index in [2.05, 4.69) is 21.2 Å². The van der Waals surface area contributed by atoms with Gasteiger partial charge in [-0.1, -0.05) is 30.3 Å². The van der Waals surface area contributed by atoms with Gasteiger partial charge in [0.25, 0.3) is 5.91 Å². The van der Waals surface area contributed by atoms with Gasteiger partial charge in [-0.3, -0.25) is 4.79 Å². The Morgan fingerprint density at radius 2 is 2.10 bits per heavy atom.